The molecule has 32 heavy (non-hydrogen) atoms. The number of ether oxygens (including phenoxy) is 2. The van der Waals surface area contributed by atoms with Gasteiger partial charge in [-0.05, 0) is 58.7 Å². The molecule has 0 atom stereocenters. The number of hydrogen-bond donors (Lipinski definition) is 0. The van der Waals surface area contributed by atoms with E-state index in [2.05, 4.69) is 10.9 Å². The van der Waals surface area contributed by atoms with Crippen molar-refractivity contribution in [1.82, 2.24) is 0 Å². The normalized spacial score (nSPS) is 9.94. The molecular formula is C27H16N2O3. The van der Waals surface area contributed by atoms with Gasteiger partial charge in [-0.3, -0.25) is 0 Å². The third-order valence-corrected chi connectivity index (χ3v) is 4.79. The molecule has 5 nitrogen and oxygen atoms in total. The summed E-state index contributed by atoms with van der Waals surface area (Å²) in [5.41, 5.74) is 5.00. The predicted octanol–water partition coefficient (Wildman–Crippen LogP) is 7.02. The van der Waals surface area contributed by atoms with Crippen LogP contribution in [0.4, 0.5) is 10.5 Å². The lowest BCUT2D eigenvalue weighted by atomic mass is 10.0. The Balaban J connectivity index is 1.36. The van der Waals surface area contributed by atoms with Crippen LogP contribution in [0.15, 0.2) is 97.1 Å². The number of carbonyl (C=O) groups is 1. The highest BCUT2D eigenvalue weighted by molar-refractivity contribution is 5.71. The van der Waals surface area contributed by atoms with Gasteiger partial charge in [0.1, 0.15) is 11.5 Å². The highest BCUT2D eigenvalue weighted by Crippen LogP contribution is 2.26. The molecule has 0 unspecified atom stereocenters. The lowest BCUT2D eigenvalue weighted by molar-refractivity contribution is 0.152. The quantitative estimate of drug-likeness (QED) is 0.204. The van der Waals surface area contributed by atoms with Crippen LogP contribution in [0.1, 0.15) is 5.56 Å². The van der Waals surface area contributed by atoms with Gasteiger partial charge >= 0.3 is 6.16 Å². The minimum Gasteiger partial charge on any atom is -0.395 e. The summed E-state index contributed by atoms with van der Waals surface area (Å²) in [6, 6.07) is 30.7. The average Bonchev–Trinajstić information content (AvgIpc) is 2.85. The molecule has 152 valence electrons. The molecule has 0 aliphatic rings. The summed E-state index contributed by atoms with van der Waals surface area (Å²) in [6.07, 6.45) is -0.828. The molecule has 0 saturated carbocycles. The van der Waals surface area contributed by atoms with Crippen molar-refractivity contribution >= 4 is 11.8 Å². The number of nitriles is 1. The van der Waals surface area contributed by atoms with E-state index in [4.69, 9.17) is 21.3 Å². The van der Waals surface area contributed by atoms with Crippen LogP contribution >= 0.6 is 0 Å². The fourth-order valence-electron chi connectivity index (χ4n) is 3.11. The maximum atomic E-state index is 12.1. The zero-order valence-electron chi connectivity index (χ0n) is 16.9. The predicted molar refractivity (Wildman–Crippen MR) is 121 cm³/mol. The smallest absolute Gasteiger partial charge is 0.395 e. The Bertz CT molecular complexity index is 1210. The van der Waals surface area contributed by atoms with Crippen LogP contribution in [-0.2, 0) is 0 Å². The van der Waals surface area contributed by atoms with Gasteiger partial charge < -0.3 is 9.47 Å². The topological polar surface area (TPSA) is 63.7 Å². The highest BCUT2D eigenvalue weighted by Gasteiger charge is 2.09. The summed E-state index contributed by atoms with van der Waals surface area (Å²) >= 11 is 0. The van der Waals surface area contributed by atoms with Crippen molar-refractivity contribution in [3.63, 3.8) is 0 Å². The van der Waals surface area contributed by atoms with E-state index >= 15 is 0 Å². The Labute approximate surface area is 185 Å². The van der Waals surface area contributed by atoms with Crippen LogP contribution in [0.5, 0.6) is 11.5 Å². The minimum atomic E-state index is -0.828. The summed E-state index contributed by atoms with van der Waals surface area (Å²) in [5, 5.41) is 8.89. The molecule has 0 spiro atoms. The van der Waals surface area contributed by atoms with Gasteiger partial charge in [-0.2, -0.15) is 5.26 Å². The summed E-state index contributed by atoms with van der Waals surface area (Å²) in [4.78, 5) is 15.5. The first-order valence-corrected chi connectivity index (χ1v) is 9.73. The van der Waals surface area contributed by atoms with E-state index in [-0.39, 0.29) is 0 Å². The summed E-state index contributed by atoms with van der Waals surface area (Å²) in [5.74, 6) is 0.731. The maximum Gasteiger partial charge on any atom is 0.519 e. The van der Waals surface area contributed by atoms with Crippen molar-refractivity contribution < 1.29 is 14.3 Å². The Morgan fingerprint density at radius 3 is 1.41 bits per heavy atom. The maximum absolute atomic E-state index is 12.1. The van der Waals surface area contributed by atoms with Gasteiger partial charge in [0.15, 0.2) is 5.69 Å². The standard InChI is InChI=1S/C27H16N2O3/c1-29-24-12-6-21(7-13-24)23-10-16-26(17-11-23)32-27(30)31-25-14-8-22(9-15-25)20-4-2-19(18-28)3-5-20/h2-17H. The second-order valence-corrected chi connectivity index (χ2v) is 6.85. The van der Waals surface area contributed by atoms with E-state index in [1.807, 2.05) is 48.5 Å². The Morgan fingerprint density at radius 2 is 1.03 bits per heavy atom. The van der Waals surface area contributed by atoms with Gasteiger partial charge in [0, 0.05) is 0 Å². The van der Waals surface area contributed by atoms with E-state index in [9.17, 15) is 4.79 Å². The van der Waals surface area contributed by atoms with Crippen molar-refractivity contribution in [2.24, 2.45) is 0 Å². The molecule has 4 aromatic rings. The van der Waals surface area contributed by atoms with E-state index in [0.29, 0.717) is 22.7 Å². The third kappa shape index (κ3) is 4.81. The number of carbonyl (C=O) groups excluding carboxylic acids is 1. The van der Waals surface area contributed by atoms with Crippen molar-refractivity contribution in [2.75, 3.05) is 0 Å². The van der Waals surface area contributed by atoms with Gasteiger partial charge in [0.2, 0.25) is 0 Å². The average molecular weight is 416 g/mol. The molecule has 0 aliphatic carbocycles. The Kier molecular flexibility index (Phi) is 5.93. The van der Waals surface area contributed by atoms with Gasteiger partial charge in [-0.1, -0.05) is 60.7 Å². The molecule has 0 N–H and O–H groups in total. The van der Waals surface area contributed by atoms with Crippen molar-refractivity contribution in [3.8, 4) is 39.8 Å². The van der Waals surface area contributed by atoms with E-state index in [1.54, 1.807) is 48.5 Å². The van der Waals surface area contributed by atoms with Crippen LogP contribution in [0, 0.1) is 17.9 Å². The molecule has 4 rings (SSSR count). The Hall–Kier alpha value is -4.87. The molecule has 0 aliphatic heterocycles. The molecule has 0 radical (unpaired) electrons. The fourth-order valence-corrected chi connectivity index (χ4v) is 3.11. The van der Waals surface area contributed by atoms with Gasteiger partial charge in [-0.25, -0.2) is 9.64 Å². The first kappa shape index (κ1) is 20.4. The zero-order valence-corrected chi connectivity index (χ0v) is 16.9. The minimum absolute atomic E-state index is 0.365. The van der Waals surface area contributed by atoms with Crippen LogP contribution in [-0.4, -0.2) is 6.16 Å². The van der Waals surface area contributed by atoms with Crippen LogP contribution < -0.4 is 9.47 Å². The van der Waals surface area contributed by atoms with Crippen LogP contribution in [0.3, 0.4) is 0 Å². The monoisotopic (exact) mass is 416 g/mol. The van der Waals surface area contributed by atoms with Crippen LogP contribution in [0.2, 0.25) is 0 Å². The SMILES string of the molecule is [C-]#[N+]c1ccc(-c2ccc(OC(=O)Oc3ccc(-c4ccc(C#N)cc4)cc3)cc2)cc1. The van der Waals surface area contributed by atoms with Crippen LogP contribution in [0.25, 0.3) is 27.1 Å². The molecule has 0 heterocycles. The first-order valence-electron chi connectivity index (χ1n) is 9.73. The third-order valence-electron chi connectivity index (χ3n) is 4.79. The second-order valence-electron chi connectivity index (χ2n) is 6.85. The number of rotatable bonds is 4. The van der Waals surface area contributed by atoms with Crippen molar-refractivity contribution in [2.45, 2.75) is 0 Å². The van der Waals surface area contributed by atoms with E-state index < -0.39 is 6.16 Å². The lowest BCUT2D eigenvalue weighted by Crippen LogP contribution is -2.13. The summed E-state index contributed by atoms with van der Waals surface area (Å²) in [7, 11) is 0. The fraction of sp³-hybridized carbons (Fsp3) is 0. The zero-order chi connectivity index (χ0) is 22.3. The first-order chi connectivity index (χ1) is 15.6. The molecular weight excluding hydrogens is 400 g/mol. The van der Waals surface area contributed by atoms with E-state index in [1.165, 1.54) is 0 Å². The number of hydrogen-bond acceptors (Lipinski definition) is 4. The number of nitrogens with zero attached hydrogens (tertiary/aromatic N) is 2. The molecule has 5 heteroatoms. The molecule has 0 saturated heterocycles. The molecule has 4 aromatic carbocycles. The van der Waals surface area contributed by atoms with Crippen molar-refractivity contribution in [3.05, 3.63) is 114 Å². The largest absolute Gasteiger partial charge is 0.519 e. The summed E-state index contributed by atoms with van der Waals surface area (Å²) in [6.45, 7) is 7.01. The van der Waals surface area contributed by atoms with Gasteiger partial charge in [0.05, 0.1) is 18.2 Å². The molecule has 0 bridgehead atoms. The Morgan fingerprint density at radius 1 is 0.656 bits per heavy atom. The van der Waals surface area contributed by atoms with E-state index in [0.717, 1.165) is 22.3 Å². The molecule has 0 fully saturated rings. The lowest BCUT2D eigenvalue weighted by Gasteiger charge is -2.08. The van der Waals surface area contributed by atoms with Gasteiger partial charge in [0.25, 0.3) is 0 Å². The molecule has 0 aromatic heterocycles. The van der Waals surface area contributed by atoms with Crippen molar-refractivity contribution in [1.29, 1.82) is 5.26 Å². The molecule has 0 amide bonds. The second kappa shape index (κ2) is 9.30. The summed E-state index contributed by atoms with van der Waals surface area (Å²) < 4.78 is 10.5. The number of benzene rings is 4. The highest BCUT2D eigenvalue weighted by atomic mass is 16.7. The van der Waals surface area contributed by atoms with Gasteiger partial charge in [-0.15, -0.1) is 0 Å².